The molecule has 5 nitrogen and oxygen atoms in total. The van der Waals surface area contributed by atoms with Crippen molar-refractivity contribution in [2.24, 2.45) is 5.73 Å². The van der Waals surface area contributed by atoms with Crippen molar-refractivity contribution >= 4 is 5.97 Å². The normalized spacial score (nSPS) is 12.1. The molecule has 1 atom stereocenters. The third kappa shape index (κ3) is 3.42. The third-order valence-electron chi connectivity index (χ3n) is 2.64. The summed E-state index contributed by atoms with van der Waals surface area (Å²) < 4.78 is 10.1. The van der Waals surface area contributed by atoms with Crippen LogP contribution in [0.25, 0.3) is 11.3 Å². The van der Waals surface area contributed by atoms with Crippen LogP contribution in [0.4, 0.5) is 0 Å². The quantitative estimate of drug-likeness (QED) is 0.829. The summed E-state index contributed by atoms with van der Waals surface area (Å²) in [5.41, 5.74) is 7.30. The predicted octanol–water partition coefficient (Wildman–Crippen LogP) is 1.77. The molecule has 0 spiro atoms. The highest BCUT2D eigenvalue weighted by Gasteiger charge is 2.17. The van der Waals surface area contributed by atoms with E-state index in [1.54, 1.807) is 13.0 Å². The molecule has 19 heavy (non-hydrogen) atoms. The highest BCUT2D eigenvalue weighted by molar-refractivity contribution is 5.75. The van der Waals surface area contributed by atoms with Gasteiger partial charge in [-0.1, -0.05) is 35.5 Å². The maximum atomic E-state index is 11.4. The van der Waals surface area contributed by atoms with Crippen LogP contribution >= 0.6 is 0 Å². The van der Waals surface area contributed by atoms with Crippen molar-refractivity contribution in [1.29, 1.82) is 0 Å². The maximum absolute atomic E-state index is 11.4. The summed E-state index contributed by atoms with van der Waals surface area (Å²) in [6.07, 6.45) is 0.301. The van der Waals surface area contributed by atoms with Crippen LogP contribution < -0.4 is 5.73 Å². The van der Waals surface area contributed by atoms with E-state index in [0.717, 1.165) is 5.56 Å². The Morgan fingerprint density at radius 3 is 2.84 bits per heavy atom. The zero-order valence-corrected chi connectivity index (χ0v) is 10.7. The second-order valence-corrected chi connectivity index (χ2v) is 4.11. The predicted molar refractivity (Wildman–Crippen MR) is 70.3 cm³/mol. The molecule has 0 aliphatic rings. The van der Waals surface area contributed by atoms with E-state index in [1.807, 2.05) is 30.3 Å². The first-order chi connectivity index (χ1) is 9.20. The van der Waals surface area contributed by atoms with Crippen molar-refractivity contribution in [2.75, 3.05) is 6.61 Å². The van der Waals surface area contributed by atoms with E-state index >= 15 is 0 Å². The smallest absolute Gasteiger partial charge is 0.323 e. The summed E-state index contributed by atoms with van der Waals surface area (Å²) in [7, 11) is 0. The number of aromatic nitrogens is 1. The van der Waals surface area contributed by atoms with Gasteiger partial charge in [-0.2, -0.15) is 0 Å². The Bertz CT molecular complexity index is 537. The van der Waals surface area contributed by atoms with Gasteiger partial charge in [0.15, 0.2) is 5.76 Å². The standard InChI is InChI=1S/C14H16N2O3/c1-2-18-14(17)12(15)8-11-9-13(19-16-11)10-6-4-3-5-7-10/h3-7,9,12H,2,8,15H2,1H3. The lowest BCUT2D eigenvalue weighted by Gasteiger charge is -2.07. The minimum Gasteiger partial charge on any atom is -0.465 e. The number of hydrogen-bond acceptors (Lipinski definition) is 5. The highest BCUT2D eigenvalue weighted by atomic mass is 16.5. The second-order valence-electron chi connectivity index (χ2n) is 4.11. The number of rotatable bonds is 5. The van der Waals surface area contributed by atoms with Gasteiger partial charge < -0.3 is 15.0 Å². The van der Waals surface area contributed by atoms with Gasteiger partial charge in [-0.15, -0.1) is 0 Å². The van der Waals surface area contributed by atoms with E-state index in [4.69, 9.17) is 15.0 Å². The molecule has 0 saturated carbocycles. The first kappa shape index (κ1) is 13.3. The molecular weight excluding hydrogens is 244 g/mol. The van der Waals surface area contributed by atoms with Gasteiger partial charge in [-0.25, -0.2) is 0 Å². The van der Waals surface area contributed by atoms with Gasteiger partial charge in [0.1, 0.15) is 6.04 Å². The van der Waals surface area contributed by atoms with Gasteiger partial charge >= 0.3 is 5.97 Å². The Morgan fingerprint density at radius 2 is 2.16 bits per heavy atom. The van der Waals surface area contributed by atoms with Gasteiger partial charge in [0.05, 0.1) is 12.3 Å². The van der Waals surface area contributed by atoms with Crippen molar-refractivity contribution in [3.8, 4) is 11.3 Å². The van der Waals surface area contributed by atoms with E-state index in [-0.39, 0.29) is 0 Å². The lowest BCUT2D eigenvalue weighted by atomic mass is 10.1. The molecule has 2 aromatic rings. The number of nitrogens with two attached hydrogens (primary N) is 1. The van der Waals surface area contributed by atoms with Crippen LogP contribution in [0.5, 0.6) is 0 Å². The Balaban J connectivity index is 2.04. The first-order valence-corrected chi connectivity index (χ1v) is 6.14. The number of carbonyl (C=O) groups is 1. The summed E-state index contributed by atoms with van der Waals surface area (Å²) in [6, 6.07) is 10.7. The van der Waals surface area contributed by atoms with Crippen LogP contribution in [0.15, 0.2) is 40.9 Å². The van der Waals surface area contributed by atoms with Crippen molar-refractivity contribution < 1.29 is 14.1 Å². The van der Waals surface area contributed by atoms with Crippen LogP contribution in [-0.4, -0.2) is 23.8 Å². The second kappa shape index (κ2) is 6.15. The van der Waals surface area contributed by atoms with E-state index in [0.29, 0.717) is 24.5 Å². The molecule has 0 aliphatic carbocycles. The average Bonchev–Trinajstić information content (AvgIpc) is 2.88. The number of ether oxygens (including phenoxy) is 1. The van der Waals surface area contributed by atoms with Crippen molar-refractivity contribution in [2.45, 2.75) is 19.4 Å². The monoisotopic (exact) mass is 260 g/mol. The number of esters is 1. The molecule has 1 aromatic carbocycles. The van der Waals surface area contributed by atoms with Crippen molar-refractivity contribution in [3.63, 3.8) is 0 Å². The number of benzene rings is 1. The Labute approximate surface area is 111 Å². The lowest BCUT2D eigenvalue weighted by Crippen LogP contribution is -2.34. The number of nitrogens with zero attached hydrogens (tertiary/aromatic N) is 1. The van der Waals surface area contributed by atoms with Crippen LogP contribution in [0.3, 0.4) is 0 Å². The lowest BCUT2D eigenvalue weighted by molar-refractivity contribution is -0.144. The molecule has 2 N–H and O–H groups in total. The third-order valence-corrected chi connectivity index (χ3v) is 2.64. The zero-order chi connectivity index (χ0) is 13.7. The molecule has 0 saturated heterocycles. The van der Waals surface area contributed by atoms with E-state index in [2.05, 4.69) is 5.16 Å². The summed E-state index contributed by atoms with van der Waals surface area (Å²) in [5, 5.41) is 3.91. The van der Waals surface area contributed by atoms with Crippen LogP contribution in [-0.2, 0) is 16.0 Å². The molecule has 2 rings (SSSR count). The highest BCUT2D eigenvalue weighted by Crippen LogP contribution is 2.20. The summed E-state index contributed by atoms with van der Waals surface area (Å²) >= 11 is 0. The minimum atomic E-state index is -0.714. The molecule has 5 heteroatoms. The van der Waals surface area contributed by atoms with Gasteiger partial charge in [0, 0.05) is 18.1 Å². The van der Waals surface area contributed by atoms with E-state index in [9.17, 15) is 4.79 Å². The van der Waals surface area contributed by atoms with Crippen molar-refractivity contribution in [3.05, 3.63) is 42.1 Å². The maximum Gasteiger partial charge on any atom is 0.323 e. The Kier molecular flexibility index (Phi) is 4.30. The molecule has 1 aromatic heterocycles. The summed E-state index contributed by atoms with van der Waals surface area (Å²) in [4.78, 5) is 11.4. The molecule has 100 valence electrons. The van der Waals surface area contributed by atoms with Crippen molar-refractivity contribution in [1.82, 2.24) is 5.16 Å². The van der Waals surface area contributed by atoms with E-state index < -0.39 is 12.0 Å². The largest absolute Gasteiger partial charge is 0.465 e. The molecule has 0 radical (unpaired) electrons. The van der Waals surface area contributed by atoms with Gasteiger partial charge in [-0.3, -0.25) is 4.79 Å². The Hall–Kier alpha value is -2.14. The topological polar surface area (TPSA) is 78.4 Å². The van der Waals surface area contributed by atoms with Crippen LogP contribution in [0.2, 0.25) is 0 Å². The molecule has 1 heterocycles. The van der Waals surface area contributed by atoms with Gasteiger partial charge in [0.2, 0.25) is 0 Å². The average molecular weight is 260 g/mol. The van der Waals surface area contributed by atoms with Crippen LogP contribution in [0, 0.1) is 0 Å². The van der Waals surface area contributed by atoms with Gasteiger partial charge in [0.25, 0.3) is 0 Å². The Morgan fingerprint density at radius 1 is 1.42 bits per heavy atom. The zero-order valence-electron chi connectivity index (χ0n) is 10.7. The van der Waals surface area contributed by atoms with E-state index in [1.165, 1.54) is 0 Å². The molecular formula is C14H16N2O3. The molecule has 1 unspecified atom stereocenters. The summed E-state index contributed by atoms with van der Waals surface area (Å²) in [5.74, 6) is 0.235. The molecule has 0 fully saturated rings. The molecule has 0 bridgehead atoms. The van der Waals surface area contributed by atoms with Gasteiger partial charge in [-0.05, 0) is 6.92 Å². The van der Waals surface area contributed by atoms with Crippen LogP contribution in [0.1, 0.15) is 12.6 Å². The fourth-order valence-corrected chi connectivity index (χ4v) is 1.70. The minimum absolute atomic E-state index is 0.301. The fraction of sp³-hybridized carbons (Fsp3) is 0.286. The number of carbonyl (C=O) groups excluding carboxylic acids is 1. The first-order valence-electron chi connectivity index (χ1n) is 6.14. The summed E-state index contributed by atoms with van der Waals surface area (Å²) in [6.45, 7) is 2.06. The number of hydrogen-bond donors (Lipinski definition) is 1. The molecule has 0 aliphatic heterocycles. The molecule has 0 amide bonds. The SMILES string of the molecule is CCOC(=O)C(N)Cc1cc(-c2ccccc2)on1. The fourth-order valence-electron chi connectivity index (χ4n) is 1.70.